The Bertz CT molecular complexity index is 2660. The molecule has 0 spiro atoms. The number of pyridine rings is 2. The number of amides is 4. The van der Waals surface area contributed by atoms with Gasteiger partial charge in [0, 0.05) is 85.8 Å². The van der Waals surface area contributed by atoms with E-state index in [2.05, 4.69) is 48.4 Å². The molecule has 0 aliphatic carbocycles. The van der Waals surface area contributed by atoms with Gasteiger partial charge in [0.15, 0.2) is 6.10 Å². The van der Waals surface area contributed by atoms with E-state index in [0.29, 0.717) is 47.7 Å². The second-order valence-electron chi connectivity index (χ2n) is 14.7. The molecule has 4 amide bonds. The number of ether oxygens (including phenoxy) is 3. The van der Waals surface area contributed by atoms with Gasteiger partial charge in [0.1, 0.15) is 18.0 Å². The zero-order valence-corrected chi connectivity index (χ0v) is 34.7. The first-order chi connectivity index (χ1) is 31.1. The maximum absolute atomic E-state index is 12.9. The number of aliphatic hydroxyl groups is 1. The van der Waals surface area contributed by atoms with Gasteiger partial charge < -0.3 is 50.1 Å². The third-order valence-corrected chi connectivity index (χ3v) is 9.92. The average Bonchev–Trinajstić information content (AvgIpc) is 3.77. The van der Waals surface area contributed by atoms with Crippen LogP contribution in [-0.4, -0.2) is 80.2 Å². The monoisotopic (exact) mass is 866 g/mol. The first-order valence-corrected chi connectivity index (χ1v) is 20.5. The molecule has 3 aromatic heterocycles. The molecule has 1 aliphatic heterocycles. The second kappa shape index (κ2) is 21.3. The Hall–Kier alpha value is -7.78. The van der Waals surface area contributed by atoms with Gasteiger partial charge >= 0.3 is 18.1 Å². The van der Waals surface area contributed by atoms with Crippen LogP contribution in [0.1, 0.15) is 48.4 Å². The number of carbonyl (C=O) groups is 4. The fourth-order valence-corrected chi connectivity index (χ4v) is 6.70. The SMILES string of the molecule is CCNCCC(=O)Nc1cc(COC(=O)Nc2ccc(C#Cc3cc(NC(=O)NCc4ccn5ccnc5c4)ccc3-c3ccncc3)cc2)ccc1O[C@H]1C[C@@H](O)C[C@@H](C(=O)O)O1. The molecular weight excluding hydrogens is 821 g/mol. The molecule has 64 heavy (non-hydrogen) atoms. The fourth-order valence-electron chi connectivity index (χ4n) is 6.70. The molecule has 1 fully saturated rings. The van der Waals surface area contributed by atoms with Gasteiger partial charge in [0.2, 0.25) is 12.2 Å². The number of hydrogen-bond acceptors (Lipinski definition) is 11. The molecule has 6 aromatic rings. The number of imidazole rings is 1. The van der Waals surface area contributed by atoms with Gasteiger partial charge in [-0.1, -0.05) is 30.9 Å². The van der Waals surface area contributed by atoms with E-state index in [-0.39, 0.29) is 49.2 Å². The van der Waals surface area contributed by atoms with E-state index in [1.165, 1.54) is 0 Å². The Morgan fingerprint density at radius 1 is 0.859 bits per heavy atom. The zero-order chi connectivity index (χ0) is 44.8. The molecule has 3 atom stereocenters. The predicted octanol–water partition coefficient (Wildman–Crippen LogP) is 6.13. The van der Waals surface area contributed by atoms with Gasteiger partial charge in [-0.15, -0.1) is 0 Å². The van der Waals surface area contributed by atoms with Gasteiger partial charge in [-0.2, -0.15) is 0 Å². The van der Waals surface area contributed by atoms with Crippen LogP contribution in [0.25, 0.3) is 16.8 Å². The van der Waals surface area contributed by atoms with E-state index >= 15 is 0 Å². The molecular formula is C47H46N8O9. The van der Waals surface area contributed by atoms with Crippen molar-refractivity contribution in [2.45, 2.75) is 57.8 Å². The van der Waals surface area contributed by atoms with E-state index < -0.39 is 30.6 Å². The molecule has 1 aliphatic rings. The van der Waals surface area contributed by atoms with Crippen LogP contribution in [0.5, 0.6) is 5.75 Å². The molecule has 17 heteroatoms. The molecule has 1 saturated heterocycles. The van der Waals surface area contributed by atoms with Crippen LogP contribution < -0.4 is 31.3 Å². The van der Waals surface area contributed by atoms with Crippen LogP contribution in [0.4, 0.5) is 26.7 Å². The Labute approximate surface area is 368 Å². The molecule has 328 valence electrons. The lowest BCUT2D eigenvalue weighted by Gasteiger charge is -2.31. The summed E-state index contributed by atoms with van der Waals surface area (Å²) in [4.78, 5) is 58.5. The summed E-state index contributed by atoms with van der Waals surface area (Å²) in [5, 5.41) is 34.0. The summed E-state index contributed by atoms with van der Waals surface area (Å²) in [6.07, 6.45) is 4.98. The number of aliphatic hydroxyl groups excluding tert-OH is 1. The van der Waals surface area contributed by atoms with Crippen molar-refractivity contribution >= 4 is 46.7 Å². The minimum absolute atomic E-state index is 0.0316. The molecule has 0 unspecified atom stereocenters. The highest BCUT2D eigenvalue weighted by molar-refractivity contribution is 5.93. The summed E-state index contributed by atoms with van der Waals surface area (Å²) < 4.78 is 18.8. The zero-order valence-electron chi connectivity index (χ0n) is 34.7. The molecule has 0 bridgehead atoms. The van der Waals surface area contributed by atoms with Crippen LogP contribution in [0.2, 0.25) is 0 Å². The minimum atomic E-state index is -1.25. The quantitative estimate of drug-likeness (QED) is 0.0457. The summed E-state index contributed by atoms with van der Waals surface area (Å²) in [7, 11) is 0. The molecule has 7 N–H and O–H groups in total. The molecule has 7 rings (SSSR count). The van der Waals surface area contributed by atoms with Crippen molar-refractivity contribution in [2.75, 3.05) is 29.0 Å². The molecule has 17 nitrogen and oxygen atoms in total. The van der Waals surface area contributed by atoms with Gasteiger partial charge in [-0.3, -0.25) is 15.1 Å². The Kier molecular flexibility index (Phi) is 14.8. The fraction of sp³-hybridized carbons (Fsp3) is 0.234. The summed E-state index contributed by atoms with van der Waals surface area (Å²) in [6.45, 7) is 3.22. The largest absolute Gasteiger partial charge is 0.479 e. The number of benzene rings is 3. The van der Waals surface area contributed by atoms with E-state index in [4.69, 9.17) is 14.2 Å². The van der Waals surface area contributed by atoms with Gasteiger partial charge in [-0.25, -0.2) is 19.4 Å². The molecule has 0 saturated carbocycles. The normalized spacial score (nSPS) is 15.6. The van der Waals surface area contributed by atoms with Crippen LogP contribution in [0, 0.1) is 11.8 Å². The number of aliphatic carboxylic acids is 1. The number of urea groups is 1. The van der Waals surface area contributed by atoms with Gasteiger partial charge in [-0.05, 0) is 102 Å². The Morgan fingerprint density at radius 3 is 2.47 bits per heavy atom. The van der Waals surface area contributed by atoms with Gasteiger partial charge in [0.25, 0.3) is 0 Å². The number of aromatic nitrogens is 3. The molecule has 3 aromatic carbocycles. The predicted molar refractivity (Wildman–Crippen MR) is 237 cm³/mol. The van der Waals surface area contributed by atoms with Crippen molar-refractivity contribution in [1.82, 2.24) is 25.0 Å². The maximum Gasteiger partial charge on any atom is 0.411 e. The Morgan fingerprint density at radius 2 is 1.67 bits per heavy atom. The third-order valence-electron chi connectivity index (χ3n) is 9.92. The number of fused-ring (bicyclic) bond motifs is 1. The van der Waals surface area contributed by atoms with Crippen LogP contribution in [-0.2, 0) is 32.2 Å². The van der Waals surface area contributed by atoms with Crippen molar-refractivity contribution in [2.24, 2.45) is 0 Å². The van der Waals surface area contributed by atoms with Crippen molar-refractivity contribution in [3.63, 3.8) is 0 Å². The highest BCUT2D eigenvalue weighted by Crippen LogP contribution is 2.31. The standard InChI is InChI=1S/C47H46N8O9/c1-2-48-19-15-43(57)54-39-23-32(6-12-40(39)63-44-27-37(56)26-41(64-44)45(58)59)29-62-47(61)53-35-8-4-30(5-9-35)3-7-34-25-36(10-11-38(34)33-13-17-49-18-14-33)52-46(60)51-28-31-16-21-55-22-20-50-42(55)24-31/h4-6,8-14,16-18,20-25,37,41,44,48,56H,2,15,19,26-29H2,1H3,(H,53,61)(H,54,57)(H,58,59)(H2,51,52,60)/t37-,41-,44+/m0/s1. The number of anilines is 3. The second-order valence-corrected chi connectivity index (χ2v) is 14.7. The lowest BCUT2D eigenvalue weighted by molar-refractivity contribution is -0.195. The number of rotatable bonds is 15. The topological polar surface area (TPSA) is 227 Å². The number of hydrogen-bond donors (Lipinski definition) is 7. The maximum atomic E-state index is 12.9. The first-order valence-electron chi connectivity index (χ1n) is 20.5. The lowest BCUT2D eigenvalue weighted by Crippen LogP contribution is -2.42. The molecule has 0 radical (unpaired) electrons. The lowest BCUT2D eigenvalue weighted by atomic mass is 10.00. The third kappa shape index (κ3) is 12.4. The van der Waals surface area contributed by atoms with Crippen LogP contribution >= 0.6 is 0 Å². The van der Waals surface area contributed by atoms with E-state index in [9.17, 15) is 29.4 Å². The highest BCUT2D eigenvalue weighted by atomic mass is 16.7. The van der Waals surface area contributed by atoms with Gasteiger partial charge in [0.05, 0.1) is 11.8 Å². The smallest absolute Gasteiger partial charge is 0.411 e. The Balaban J connectivity index is 0.973. The summed E-state index contributed by atoms with van der Waals surface area (Å²) in [6, 6.07) is 24.4. The summed E-state index contributed by atoms with van der Waals surface area (Å²) in [5.41, 5.74) is 6.58. The highest BCUT2D eigenvalue weighted by Gasteiger charge is 2.34. The summed E-state index contributed by atoms with van der Waals surface area (Å²) >= 11 is 0. The summed E-state index contributed by atoms with van der Waals surface area (Å²) in [5.74, 6) is 5.07. The number of nitrogens with zero attached hydrogens (tertiary/aromatic N) is 3. The first kappa shape index (κ1) is 44.3. The van der Waals surface area contributed by atoms with E-state index in [0.717, 1.165) is 22.3 Å². The average molecular weight is 867 g/mol. The minimum Gasteiger partial charge on any atom is -0.479 e. The van der Waals surface area contributed by atoms with Crippen LogP contribution in [0.15, 0.2) is 116 Å². The van der Waals surface area contributed by atoms with Crippen molar-refractivity contribution in [3.05, 3.63) is 138 Å². The molecule has 4 heterocycles. The van der Waals surface area contributed by atoms with Crippen molar-refractivity contribution < 1.29 is 43.6 Å². The van der Waals surface area contributed by atoms with Crippen molar-refractivity contribution in [1.29, 1.82) is 0 Å². The van der Waals surface area contributed by atoms with Crippen LogP contribution in [0.3, 0.4) is 0 Å². The number of carboxylic acids is 1. The number of nitrogens with one attached hydrogen (secondary N) is 5. The number of carbonyl (C=O) groups excluding carboxylic acids is 3. The van der Waals surface area contributed by atoms with E-state index in [1.54, 1.807) is 67.1 Å². The number of carboxylic acid groups (broad SMARTS) is 1. The van der Waals surface area contributed by atoms with Crippen molar-refractivity contribution in [3.8, 4) is 28.7 Å². The van der Waals surface area contributed by atoms with E-state index in [1.807, 2.05) is 60.1 Å².